The first kappa shape index (κ1) is 20.3. The fraction of sp³-hybridized carbons (Fsp3) is 0.160. The van der Waals surface area contributed by atoms with Gasteiger partial charge in [0.1, 0.15) is 5.69 Å². The zero-order chi connectivity index (χ0) is 22.1. The highest BCUT2D eigenvalue weighted by Crippen LogP contribution is 2.33. The zero-order valence-corrected chi connectivity index (χ0v) is 17.6. The lowest BCUT2D eigenvalue weighted by atomic mass is 10.0. The lowest BCUT2D eigenvalue weighted by molar-refractivity contribution is 0.0466. The molecule has 0 N–H and O–H groups in total. The number of hydrogen-bond acceptors (Lipinski definition) is 4. The number of para-hydroxylation sites is 1. The molecule has 0 spiro atoms. The summed E-state index contributed by atoms with van der Waals surface area (Å²) in [7, 11) is 3.57. The van der Waals surface area contributed by atoms with Crippen molar-refractivity contribution in [2.75, 3.05) is 6.61 Å². The summed E-state index contributed by atoms with van der Waals surface area (Å²) in [6, 6.07) is 18.8. The first-order chi connectivity index (χ1) is 14.9. The molecular formula is C25H22N2O4. The maximum Gasteiger partial charge on any atom is 0.355 e. The molecule has 31 heavy (non-hydrogen) atoms. The summed E-state index contributed by atoms with van der Waals surface area (Å²) < 4.78 is 8.84. The molecule has 0 amide bonds. The van der Waals surface area contributed by atoms with Gasteiger partial charge in [-0.1, -0.05) is 48.5 Å². The maximum absolute atomic E-state index is 13.2. The predicted molar refractivity (Wildman–Crippen MR) is 118 cm³/mol. The molecule has 0 atom stereocenters. The monoisotopic (exact) mass is 414 g/mol. The highest BCUT2D eigenvalue weighted by molar-refractivity contribution is 6.14. The Morgan fingerprint density at radius 3 is 2.29 bits per heavy atom. The average Bonchev–Trinajstić information content (AvgIpc) is 3.31. The van der Waals surface area contributed by atoms with Crippen LogP contribution in [0.25, 0.3) is 22.2 Å². The van der Waals surface area contributed by atoms with E-state index < -0.39 is 12.6 Å². The molecular weight excluding hydrogens is 392 g/mol. The van der Waals surface area contributed by atoms with Crippen molar-refractivity contribution in [2.24, 2.45) is 14.1 Å². The van der Waals surface area contributed by atoms with Crippen LogP contribution in [-0.4, -0.2) is 33.3 Å². The highest BCUT2D eigenvalue weighted by Gasteiger charge is 2.24. The number of fused-ring (bicyclic) bond motifs is 1. The van der Waals surface area contributed by atoms with Crippen molar-refractivity contribution < 1.29 is 19.1 Å². The van der Waals surface area contributed by atoms with Gasteiger partial charge < -0.3 is 13.9 Å². The number of carbonyl (C=O) groups is 3. The Kier molecular flexibility index (Phi) is 5.29. The molecule has 0 saturated carbocycles. The molecule has 0 radical (unpaired) electrons. The van der Waals surface area contributed by atoms with E-state index in [9.17, 15) is 14.4 Å². The van der Waals surface area contributed by atoms with Crippen LogP contribution < -0.4 is 0 Å². The van der Waals surface area contributed by atoms with Crippen LogP contribution in [0.15, 0.2) is 66.9 Å². The van der Waals surface area contributed by atoms with Crippen LogP contribution in [0.5, 0.6) is 0 Å². The molecule has 156 valence electrons. The van der Waals surface area contributed by atoms with Crippen molar-refractivity contribution in [1.82, 2.24) is 9.13 Å². The number of hydrogen-bond donors (Lipinski definition) is 0. The molecule has 4 rings (SSSR count). The van der Waals surface area contributed by atoms with E-state index in [1.165, 1.54) is 17.6 Å². The van der Waals surface area contributed by atoms with E-state index in [4.69, 9.17) is 4.74 Å². The van der Waals surface area contributed by atoms with Gasteiger partial charge in [-0.15, -0.1) is 0 Å². The topological polar surface area (TPSA) is 70.3 Å². The molecule has 2 aromatic heterocycles. The fourth-order valence-corrected chi connectivity index (χ4v) is 3.85. The summed E-state index contributed by atoms with van der Waals surface area (Å²) in [6.45, 7) is 1.03. The summed E-state index contributed by atoms with van der Waals surface area (Å²) in [5.74, 6) is -1.08. The SMILES string of the molecule is CC(=O)c1cc(C(=O)OCC(=O)c2c(-c3ccccc3)n(C)c3ccccc23)n(C)c1. The normalized spacial score (nSPS) is 10.9. The van der Waals surface area contributed by atoms with Crippen LogP contribution in [-0.2, 0) is 18.8 Å². The van der Waals surface area contributed by atoms with Gasteiger partial charge in [0.2, 0.25) is 5.78 Å². The molecule has 4 aromatic rings. The molecule has 2 heterocycles. The number of rotatable bonds is 6. The average molecular weight is 414 g/mol. The van der Waals surface area contributed by atoms with Crippen molar-refractivity contribution >= 4 is 28.4 Å². The van der Waals surface area contributed by atoms with Crippen LogP contribution >= 0.6 is 0 Å². The molecule has 2 aromatic carbocycles. The first-order valence-electron chi connectivity index (χ1n) is 9.89. The third-order valence-electron chi connectivity index (χ3n) is 5.39. The Morgan fingerprint density at radius 1 is 0.935 bits per heavy atom. The van der Waals surface area contributed by atoms with Crippen LogP contribution in [0.1, 0.15) is 38.1 Å². The fourth-order valence-electron chi connectivity index (χ4n) is 3.85. The smallest absolute Gasteiger partial charge is 0.355 e. The minimum absolute atomic E-state index is 0.144. The Balaban J connectivity index is 1.67. The van der Waals surface area contributed by atoms with Crippen molar-refractivity contribution in [2.45, 2.75) is 6.92 Å². The van der Waals surface area contributed by atoms with Gasteiger partial charge in [-0.3, -0.25) is 9.59 Å². The van der Waals surface area contributed by atoms with Gasteiger partial charge in [0.05, 0.1) is 11.3 Å². The van der Waals surface area contributed by atoms with Gasteiger partial charge >= 0.3 is 5.97 Å². The minimum Gasteiger partial charge on any atom is -0.453 e. The van der Waals surface area contributed by atoms with E-state index in [0.29, 0.717) is 11.1 Å². The van der Waals surface area contributed by atoms with Crippen LogP contribution in [0.4, 0.5) is 0 Å². The lowest BCUT2D eigenvalue weighted by Gasteiger charge is -2.09. The molecule has 0 saturated heterocycles. The van der Waals surface area contributed by atoms with E-state index in [-0.39, 0.29) is 17.3 Å². The molecule has 0 unspecified atom stereocenters. The van der Waals surface area contributed by atoms with Crippen LogP contribution in [0, 0.1) is 0 Å². The summed E-state index contributed by atoms with van der Waals surface area (Å²) >= 11 is 0. The number of aryl methyl sites for hydroxylation is 2. The van der Waals surface area contributed by atoms with Gasteiger partial charge in [-0.05, 0) is 24.6 Å². The quantitative estimate of drug-likeness (QED) is 0.346. The molecule has 6 heteroatoms. The van der Waals surface area contributed by atoms with Gasteiger partial charge in [-0.25, -0.2) is 4.79 Å². The largest absolute Gasteiger partial charge is 0.453 e. The number of Topliss-reactive ketones (excluding diaryl/α,β-unsaturated/α-hetero) is 2. The molecule has 0 fully saturated rings. The number of benzene rings is 2. The van der Waals surface area contributed by atoms with E-state index in [1.54, 1.807) is 13.2 Å². The number of carbonyl (C=O) groups excluding carboxylic acids is 3. The Labute approximate surface area is 179 Å². The number of aromatic nitrogens is 2. The Bertz CT molecular complexity index is 1310. The van der Waals surface area contributed by atoms with E-state index >= 15 is 0 Å². The molecule has 0 aliphatic carbocycles. The lowest BCUT2D eigenvalue weighted by Crippen LogP contribution is -2.16. The summed E-state index contributed by atoms with van der Waals surface area (Å²) in [6.07, 6.45) is 1.57. The van der Waals surface area contributed by atoms with Crippen molar-refractivity contribution in [1.29, 1.82) is 0 Å². The predicted octanol–water partition coefficient (Wildman–Crippen LogP) is 4.43. The number of nitrogens with zero attached hydrogens (tertiary/aromatic N) is 2. The molecule has 0 aliphatic rings. The van der Waals surface area contributed by atoms with Gasteiger partial charge in [0.25, 0.3) is 0 Å². The van der Waals surface area contributed by atoms with Crippen LogP contribution in [0.3, 0.4) is 0 Å². The summed E-state index contributed by atoms with van der Waals surface area (Å²) in [5.41, 5.74) is 3.77. The highest BCUT2D eigenvalue weighted by atomic mass is 16.5. The van der Waals surface area contributed by atoms with Crippen molar-refractivity contribution in [3.63, 3.8) is 0 Å². The first-order valence-corrected chi connectivity index (χ1v) is 9.89. The van der Waals surface area contributed by atoms with Gasteiger partial charge in [-0.2, -0.15) is 0 Å². The Hall–Kier alpha value is -3.93. The second kappa shape index (κ2) is 8.07. The summed E-state index contributed by atoms with van der Waals surface area (Å²) in [4.78, 5) is 37.4. The number of ketones is 2. The van der Waals surface area contributed by atoms with Crippen LogP contribution in [0.2, 0.25) is 0 Å². The van der Waals surface area contributed by atoms with Crippen molar-refractivity contribution in [3.05, 3.63) is 83.7 Å². The zero-order valence-electron chi connectivity index (χ0n) is 17.6. The van der Waals surface area contributed by atoms with Crippen molar-refractivity contribution in [3.8, 4) is 11.3 Å². The van der Waals surface area contributed by atoms with E-state index in [0.717, 1.165) is 22.2 Å². The minimum atomic E-state index is -0.648. The Morgan fingerprint density at radius 2 is 1.61 bits per heavy atom. The molecule has 6 nitrogen and oxygen atoms in total. The second-order valence-corrected chi connectivity index (χ2v) is 7.45. The third kappa shape index (κ3) is 3.68. The number of esters is 1. The van der Waals surface area contributed by atoms with Gasteiger partial charge in [0.15, 0.2) is 12.4 Å². The molecule has 0 aliphatic heterocycles. The third-order valence-corrected chi connectivity index (χ3v) is 5.39. The van der Waals surface area contributed by atoms with E-state index in [2.05, 4.69) is 0 Å². The maximum atomic E-state index is 13.2. The van der Waals surface area contributed by atoms with E-state index in [1.807, 2.05) is 66.2 Å². The number of ether oxygens (including phenoxy) is 1. The second-order valence-electron chi connectivity index (χ2n) is 7.45. The molecule has 0 bridgehead atoms. The van der Waals surface area contributed by atoms with Gasteiger partial charge in [0, 0.05) is 36.8 Å². The summed E-state index contributed by atoms with van der Waals surface area (Å²) in [5, 5.41) is 0.808. The standard InChI is InChI=1S/C25H22N2O4/c1-16(28)18-13-21(26(2)14-18)25(30)31-15-22(29)23-19-11-7-8-12-20(19)27(3)24(23)17-9-5-4-6-10-17/h4-14H,15H2,1-3H3.